The second-order valence-electron chi connectivity index (χ2n) is 11.5. The van der Waals surface area contributed by atoms with E-state index in [4.69, 9.17) is 9.47 Å². The Morgan fingerprint density at radius 3 is 2.52 bits per heavy atom. The molecule has 7 nitrogen and oxygen atoms in total. The summed E-state index contributed by atoms with van der Waals surface area (Å²) in [4.78, 5) is 18.8. The van der Waals surface area contributed by atoms with Crippen molar-refractivity contribution < 1.29 is 31.8 Å². The number of aromatic amines is 1. The van der Waals surface area contributed by atoms with Gasteiger partial charge < -0.3 is 24.7 Å². The molecule has 1 aromatic heterocycles. The van der Waals surface area contributed by atoms with E-state index in [1.54, 1.807) is 42.7 Å². The van der Waals surface area contributed by atoms with Crippen molar-refractivity contribution in [1.82, 2.24) is 14.8 Å². The Bertz CT molecular complexity index is 1370. The highest BCUT2D eigenvalue weighted by Gasteiger charge is 2.39. The van der Waals surface area contributed by atoms with Crippen LogP contribution in [0.2, 0.25) is 0 Å². The van der Waals surface area contributed by atoms with Crippen LogP contribution >= 0.6 is 0 Å². The molecule has 0 radical (unpaired) electrons. The molecule has 2 aliphatic heterocycles. The van der Waals surface area contributed by atoms with Crippen molar-refractivity contribution in [3.8, 4) is 5.75 Å². The summed E-state index contributed by atoms with van der Waals surface area (Å²) in [6.45, 7) is 4.41. The van der Waals surface area contributed by atoms with Gasteiger partial charge in [0.1, 0.15) is 11.4 Å². The van der Waals surface area contributed by atoms with Gasteiger partial charge in [-0.2, -0.15) is 8.78 Å². The van der Waals surface area contributed by atoms with Crippen molar-refractivity contribution >= 4 is 22.7 Å². The number of benzene rings is 2. The number of fused-ring (bicyclic) bond motifs is 3. The number of ether oxygens (including phenoxy) is 2. The second-order valence-corrected chi connectivity index (χ2v) is 11.5. The first-order valence-electron chi connectivity index (χ1n) is 13.4. The van der Waals surface area contributed by atoms with Crippen LogP contribution in [0.4, 0.5) is 28.0 Å². The predicted octanol–water partition coefficient (Wildman–Crippen LogP) is 6.40. The molecule has 0 saturated carbocycles. The molecule has 0 aliphatic carbocycles. The Morgan fingerprint density at radius 2 is 1.85 bits per heavy atom. The summed E-state index contributed by atoms with van der Waals surface area (Å²) < 4.78 is 65.1. The van der Waals surface area contributed by atoms with Gasteiger partial charge in [0.2, 0.25) is 0 Å². The lowest BCUT2D eigenvalue weighted by Gasteiger charge is -2.41. The maximum atomic E-state index is 13.8. The fraction of sp³-hybridized carbons (Fsp3) is 0.483. The lowest BCUT2D eigenvalue weighted by molar-refractivity contribution is -0.0515. The van der Waals surface area contributed by atoms with Crippen molar-refractivity contribution in [2.24, 2.45) is 0 Å². The minimum atomic E-state index is -3.10. The molecule has 1 saturated heterocycles. The van der Waals surface area contributed by atoms with Crippen LogP contribution < -0.4 is 10.1 Å². The number of likely N-dealkylation sites (tertiary alicyclic amines) is 1. The third kappa shape index (κ3) is 5.84. The van der Waals surface area contributed by atoms with E-state index >= 15 is 0 Å². The standard InChI is InChI=1S/C29H34F4N4O3/c1-16-11-21-19-7-5-6-8-22(19)35-25(21)26(37(16)15-24(30)31)20-10-9-17(12-23(20)39-27(32)33)34-18-13-36(14-18)28(38)40-29(2,3)4/h5-10,12,16,18,24,26-27,34-35H,11,13-15H2,1-4H3/t16-,26-/m1/s1. The highest BCUT2D eigenvalue weighted by molar-refractivity contribution is 5.85. The van der Waals surface area contributed by atoms with Crippen LogP contribution in [0.15, 0.2) is 42.5 Å². The first-order valence-corrected chi connectivity index (χ1v) is 13.4. The van der Waals surface area contributed by atoms with Gasteiger partial charge in [-0.3, -0.25) is 4.90 Å². The Hall–Kier alpha value is -3.47. The Morgan fingerprint density at radius 1 is 1.12 bits per heavy atom. The number of rotatable bonds is 7. The summed E-state index contributed by atoms with van der Waals surface area (Å²) in [5.41, 5.74) is 2.83. The summed E-state index contributed by atoms with van der Waals surface area (Å²) in [6.07, 6.45) is -2.48. The molecule has 1 fully saturated rings. The maximum absolute atomic E-state index is 13.8. The van der Waals surface area contributed by atoms with E-state index in [1.165, 1.54) is 6.07 Å². The molecule has 5 rings (SSSR count). The normalized spacial score (nSPS) is 20.1. The van der Waals surface area contributed by atoms with Crippen LogP contribution in [-0.2, 0) is 11.2 Å². The number of alkyl halides is 4. The number of aromatic nitrogens is 1. The molecule has 2 N–H and O–H groups in total. The molecule has 3 heterocycles. The maximum Gasteiger partial charge on any atom is 0.410 e. The summed E-state index contributed by atoms with van der Waals surface area (Å²) in [6, 6.07) is 11.4. The van der Waals surface area contributed by atoms with E-state index in [2.05, 4.69) is 10.3 Å². The molecule has 0 spiro atoms. The predicted molar refractivity (Wildman–Crippen MR) is 144 cm³/mol. The molecule has 2 aliphatic rings. The molecular weight excluding hydrogens is 528 g/mol. The summed E-state index contributed by atoms with van der Waals surface area (Å²) in [5.74, 6) is -0.0914. The van der Waals surface area contributed by atoms with Crippen molar-refractivity contribution in [2.75, 3.05) is 25.0 Å². The molecule has 40 heavy (non-hydrogen) atoms. The van der Waals surface area contributed by atoms with Gasteiger partial charge in [0.15, 0.2) is 0 Å². The number of carbonyl (C=O) groups excluding carboxylic acids is 1. The van der Waals surface area contributed by atoms with Crippen LogP contribution in [0.1, 0.15) is 50.6 Å². The number of halogens is 4. The second kappa shape index (κ2) is 10.8. The number of para-hydroxylation sites is 1. The number of hydrogen-bond acceptors (Lipinski definition) is 5. The summed E-state index contributed by atoms with van der Waals surface area (Å²) >= 11 is 0. The van der Waals surface area contributed by atoms with E-state index in [9.17, 15) is 22.4 Å². The number of carbonyl (C=O) groups is 1. The third-order valence-corrected chi connectivity index (χ3v) is 7.29. The molecule has 0 bridgehead atoms. The smallest absolute Gasteiger partial charge is 0.410 e. The fourth-order valence-electron chi connectivity index (χ4n) is 5.62. The van der Waals surface area contributed by atoms with Crippen LogP contribution in [0, 0.1) is 0 Å². The molecule has 1 amide bonds. The van der Waals surface area contributed by atoms with E-state index in [1.807, 2.05) is 31.2 Å². The monoisotopic (exact) mass is 562 g/mol. The molecular formula is C29H34F4N4O3. The first-order chi connectivity index (χ1) is 18.9. The molecule has 216 valence electrons. The van der Waals surface area contributed by atoms with Crippen LogP contribution in [0.25, 0.3) is 10.9 Å². The van der Waals surface area contributed by atoms with Crippen molar-refractivity contribution in [3.05, 3.63) is 59.3 Å². The topological polar surface area (TPSA) is 69.8 Å². The van der Waals surface area contributed by atoms with Gasteiger partial charge in [-0.05, 0) is 51.8 Å². The number of hydrogen-bond donors (Lipinski definition) is 2. The SMILES string of the molecule is C[C@@H]1Cc2c([nH]c3ccccc23)[C@@H](c2ccc(NC3CN(C(=O)OC(C)(C)C)C3)cc2OC(F)F)N1CC(F)F. The molecule has 11 heteroatoms. The van der Waals surface area contributed by atoms with Gasteiger partial charge in [0.25, 0.3) is 6.43 Å². The number of nitrogens with zero attached hydrogens (tertiary/aromatic N) is 2. The quantitative estimate of drug-likeness (QED) is 0.326. The minimum absolute atomic E-state index is 0.0914. The van der Waals surface area contributed by atoms with Crippen LogP contribution in [-0.4, -0.2) is 71.2 Å². The van der Waals surface area contributed by atoms with Crippen molar-refractivity contribution in [3.63, 3.8) is 0 Å². The highest BCUT2D eigenvalue weighted by Crippen LogP contribution is 2.44. The van der Waals surface area contributed by atoms with E-state index < -0.39 is 37.3 Å². The number of anilines is 1. The lowest BCUT2D eigenvalue weighted by Crippen LogP contribution is -2.57. The molecule has 3 aromatic rings. The zero-order valence-electron chi connectivity index (χ0n) is 22.9. The molecule has 2 atom stereocenters. The van der Waals surface area contributed by atoms with Gasteiger partial charge in [0.05, 0.1) is 18.6 Å². The molecule has 0 unspecified atom stereocenters. The number of nitrogens with one attached hydrogen (secondary N) is 2. The van der Waals surface area contributed by atoms with Crippen LogP contribution in [0.3, 0.4) is 0 Å². The zero-order chi connectivity index (χ0) is 28.8. The van der Waals surface area contributed by atoms with Gasteiger partial charge in [-0.25, -0.2) is 13.6 Å². The summed E-state index contributed by atoms with van der Waals surface area (Å²) in [5, 5.41) is 4.23. The van der Waals surface area contributed by atoms with Crippen LogP contribution in [0.5, 0.6) is 5.75 Å². The zero-order valence-corrected chi connectivity index (χ0v) is 22.9. The first kappa shape index (κ1) is 28.1. The lowest BCUT2D eigenvalue weighted by atomic mass is 9.88. The van der Waals surface area contributed by atoms with E-state index in [-0.39, 0.29) is 17.8 Å². The third-order valence-electron chi connectivity index (χ3n) is 7.29. The van der Waals surface area contributed by atoms with E-state index in [0.717, 1.165) is 16.5 Å². The van der Waals surface area contributed by atoms with Gasteiger partial charge in [-0.1, -0.05) is 24.3 Å². The van der Waals surface area contributed by atoms with E-state index in [0.29, 0.717) is 36.5 Å². The largest absolute Gasteiger partial charge is 0.444 e. The van der Waals surface area contributed by atoms with Gasteiger partial charge >= 0.3 is 12.7 Å². The number of H-pyrrole nitrogens is 1. The Kier molecular flexibility index (Phi) is 7.60. The fourth-order valence-corrected chi connectivity index (χ4v) is 5.62. The Balaban J connectivity index is 1.45. The summed E-state index contributed by atoms with van der Waals surface area (Å²) in [7, 11) is 0. The van der Waals surface area contributed by atoms with Crippen molar-refractivity contribution in [2.45, 2.75) is 70.9 Å². The van der Waals surface area contributed by atoms with Crippen molar-refractivity contribution in [1.29, 1.82) is 0 Å². The average Bonchev–Trinajstić information content (AvgIpc) is 3.18. The van der Waals surface area contributed by atoms with Gasteiger partial charge in [0, 0.05) is 53.0 Å². The molecule has 2 aromatic carbocycles. The average molecular weight is 563 g/mol. The number of amides is 1. The van der Waals surface area contributed by atoms with Gasteiger partial charge in [-0.15, -0.1) is 0 Å². The minimum Gasteiger partial charge on any atom is -0.444 e. The highest BCUT2D eigenvalue weighted by atomic mass is 19.3. The Labute approximate surface area is 230 Å².